The minimum absolute atomic E-state index is 0. The normalized spacial score (nSPS) is 18.0. The summed E-state index contributed by atoms with van der Waals surface area (Å²) in [5.41, 5.74) is 1.02. The third kappa shape index (κ3) is 6.43. The van der Waals surface area contributed by atoms with Gasteiger partial charge in [0.25, 0.3) is 0 Å². The quantitative estimate of drug-likeness (QED) is 0.314. The Hall–Kier alpha value is -1.09. The number of guanidine groups is 1. The molecule has 1 unspecified atom stereocenters. The number of aliphatic imine (C=N–C) groups is 1. The van der Waals surface area contributed by atoms with Crippen LogP contribution in [0.4, 0.5) is 0 Å². The Labute approximate surface area is 162 Å². The Morgan fingerprint density at radius 1 is 1.46 bits per heavy atom. The molecular formula is C17H29IN4O2. The Kier molecular flexibility index (Phi) is 10.0. The third-order valence-corrected chi connectivity index (χ3v) is 3.98. The van der Waals surface area contributed by atoms with Crippen molar-refractivity contribution in [3.8, 4) is 5.88 Å². The molecule has 2 heterocycles. The molecule has 1 N–H and O–H groups in total. The summed E-state index contributed by atoms with van der Waals surface area (Å²) in [6, 6.07) is 3.94. The topological polar surface area (TPSA) is 59.0 Å². The van der Waals surface area contributed by atoms with Crippen molar-refractivity contribution in [2.24, 2.45) is 10.9 Å². The minimum Gasteiger partial charge on any atom is -0.475 e. The lowest BCUT2D eigenvalue weighted by Crippen LogP contribution is -2.45. The first kappa shape index (κ1) is 21.0. The summed E-state index contributed by atoms with van der Waals surface area (Å²) in [5, 5.41) is 3.43. The van der Waals surface area contributed by atoms with Gasteiger partial charge in [0, 0.05) is 45.6 Å². The first-order valence-corrected chi connectivity index (χ1v) is 8.25. The van der Waals surface area contributed by atoms with Gasteiger partial charge in [-0.25, -0.2) is 4.98 Å². The van der Waals surface area contributed by atoms with E-state index in [1.807, 2.05) is 19.2 Å². The van der Waals surface area contributed by atoms with Crippen LogP contribution in [0.3, 0.4) is 0 Å². The lowest BCUT2D eigenvalue weighted by molar-refractivity contribution is 0.143. The van der Waals surface area contributed by atoms with Crippen molar-refractivity contribution in [2.45, 2.75) is 26.3 Å². The molecule has 0 spiro atoms. The molecule has 0 aromatic carbocycles. The van der Waals surface area contributed by atoms with E-state index in [9.17, 15) is 0 Å². The van der Waals surface area contributed by atoms with Crippen molar-refractivity contribution in [2.75, 3.05) is 40.5 Å². The van der Waals surface area contributed by atoms with Crippen molar-refractivity contribution in [3.05, 3.63) is 23.9 Å². The Morgan fingerprint density at radius 3 is 3.00 bits per heavy atom. The van der Waals surface area contributed by atoms with E-state index in [0.29, 0.717) is 31.6 Å². The molecule has 24 heavy (non-hydrogen) atoms. The molecule has 1 aliphatic rings. The van der Waals surface area contributed by atoms with Gasteiger partial charge in [0.15, 0.2) is 5.96 Å². The zero-order valence-electron chi connectivity index (χ0n) is 14.8. The molecule has 0 bridgehead atoms. The zero-order valence-corrected chi connectivity index (χ0v) is 17.2. The first-order valence-electron chi connectivity index (χ1n) is 8.25. The van der Waals surface area contributed by atoms with E-state index in [1.54, 1.807) is 13.3 Å². The number of hydrogen-bond donors (Lipinski definition) is 1. The molecule has 7 heteroatoms. The summed E-state index contributed by atoms with van der Waals surface area (Å²) in [6.45, 7) is 6.11. The Balaban J connectivity index is 0.00000288. The largest absolute Gasteiger partial charge is 0.475 e. The van der Waals surface area contributed by atoms with Gasteiger partial charge in [0.2, 0.25) is 5.88 Å². The molecule has 1 saturated heterocycles. The van der Waals surface area contributed by atoms with E-state index in [4.69, 9.17) is 9.47 Å². The summed E-state index contributed by atoms with van der Waals surface area (Å²) in [4.78, 5) is 11.1. The van der Waals surface area contributed by atoms with Gasteiger partial charge < -0.3 is 19.7 Å². The van der Waals surface area contributed by atoms with Gasteiger partial charge in [-0.15, -0.1) is 24.0 Å². The maximum atomic E-state index is 5.68. The number of likely N-dealkylation sites (tertiary alicyclic amines) is 1. The van der Waals surface area contributed by atoms with Crippen molar-refractivity contribution in [3.63, 3.8) is 0 Å². The summed E-state index contributed by atoms with van der Waals surface area (Å²) < 4.78 is 10.7. The van der Waals surface area contributed by atoms with Gasteiger partial charge in [-0.1, -0.05) is 13.0 Å². The van der Waals surface area contributed by atoms with Crippen LogP contribution in [0.2, 0.25) is 0 Å². The number of rotatable bonds is 6. The van der Waals surface area contributed by atoms with E-state index >= 15 is 0 Å². The van der Waals surface area contributed by atoms with Crippen LogP contribution in [0.1, 0.15) is 25.3 Å². The van der Waals surface area contributed by atoms with E-state index in [2.05, 4.69) is 27.1 Å². The number of aromatic nitrogens is 1. The van der Waals surface area contributed by atoms with Gasteiger partial charge >= 0.3 is 0 Å². The summed E-state index contributed by atoms with van der Waals surface area (Å²) >= 11 is 0. The molecule has 0 saturated carbocycles. The Bertz CT molecular complexity index is 513. The molecule has 1 aromatic rings. The lowest BCUT2D eigenvalue weighted by Gasteiger charge is -2.33. The molecule has 1 aromatic heterocycles. The maximum absolute atomic E-state index is 5.68. The van der Waals surface area contributed by atoms with Crippen LogP contribution in [-0.2, 0) is 11.3 Å². The van der Waals surface area contributed by atoms with Crippen molar-refractivity contribution in [1.29, 1.82) is 0 Å². The number of nitrogens with zero attached hydrogens (tertiary/aromatic N) is 3. The van der Waals surface area contributed by atoms with E-state index in [1.165, 1.54) is 12.8 Å². The molecule has 0 aliphatic carbocycles. The molecule has 1 atom stereocenters. The Morgan fingerprint density at radius 2 is 2.29 bits per heavy atom. The van der Waals surface area contributed by atoms with Gasteiger partial charge in [-0.2, -0.15) is 0 Å². The standard InChI is InChI=1S/C17H28N4O2.HI/c1-14-6-5-9-21(13-14)17(18-2)20-12-15-7-4-8-19-16(15)23-11-10-22-3;/h4,7-8,14H,5-6,9-13H2,1-3H3,(H,18,20);1H. The second kappa shape index (κ2) is 11.5. The third-order valence-electron chi connectivity index (χ3n) is 3.98. The average Bonchev–Trinajstić information content (AvgIpc) is 2.57. The van der Waals surface area contributed by atoms with Crippen LogP contribution in [0, 0.1) is 5.92 Å². The molecule has 0 radical (unpaired) electrons. The molecule has 2 rings (SSSR count). The van der Waals surface area contributed by atoms with E-state index in [-0.39, 0.29) is 24.0 Å². The van der Waals surface area contributed by atoms with Crippen molar-refractivity contribution >= 4 is 29.9 Å². The van der Waals surface area contributed by atoms with Crippen LogP contribution in [0.5, 0.6) is 5.88 Å². The van der Waals surface area contributed by atoms with E-state index in [0.717, 1.165) is 24.6 Å². The molecular weight excluding hydrogens is 419 g/mol. The fourth-order valence-corrected chi connectivity index (χ4v) is 2.80. The maximum Gasteiger partial charge on any atom is 0.218 e. The number of pyridine rings is 1. The van der Waals surface area contributed by atoms with Crippen LogP contribution in [-0.4, -0.2) is 56.3 Å². The highest BCUT2D eigenvalue weighted by Crippen LogP contribution is 2.17. The smallest absolute Gasteiger partial charge is 0.218 e. The number of piperidine rings is 1. The van der Waals surface area contributed by atoms with Crippen molar-refractivity contribution < 1.29 is 9.47 Å². The molecule has 1 aliphatic heterocycles. The predicted molar refractivity (Wildman–Crippen MR) is 107 cm³/mol. The van der Waals surface area contributed by atoms with Gasteiger partial charge in [0.1, 0.15) is 6.61 Å². The van der Waals surface area contributed by atoms with Crippen molar-refractivity contribution in [1.82, 2.24) is 15.2 Å². The lowest BCUT2D eigenvalue weighted by atomic mass is 10.0. The zero-order chi connectivity index (χ0) is 16.5. The summed E-state index contributed by atoms with van der Waals surface area (Å²) in [6.07, 6.45) is 4.26. The molecule has 6 nitrogen and oxygen atoms in total. The second-order valence-corrected chi connectivity index (χ2v) is 5.90. The van der Waals surface area contributed by atoms with Crippen LogP contribution >= 0.6 is 24.0 Å². The number of nitrogens with one attached hydrogen (secondary N) is 1. The number of halogens is 1. The van der Waals surface area contributed by atoms with Gasteiger partial charge in [-0.3, -0.25) is 4.99 Å². The average molecular weight is 448 g/mol. The fourth-order valence-electron chi connectivity index (χ4n) is 2.80. The van der Waals surface area contributed by atoms with Gasteiger partial charge in [-0.05, 0) is 24.8 Å². The summed E-state index contributed by atoms with van der Waals surface area (Å²) in [7, 11) is 3.49. The molecule has 136 valence electrons. The van der Waals surface area contributed by atoms with Gasteiger partial charge in [0.05, 0.1) is 6.61 Å². The van der Waals surface area contributed by atoms with Crippen LogP contribution in [0.25, 0.3) is 0 Å². The SMILES string of the molecule is CN=C(NCc1cccnc1OCCOC)N1CCCC(C)C1.I. The van der Waals surface area contributed by atoms with E-state index < -0.39 is 0 Å². The highest BCUT2D eigenvalue weighted by molar-refractivity contribution is 14.0. The summed E-state index contributed by atoms with van der Waals surface area (Å²) in [5.74, 6) is 2.32. The monoisotopic (exact) mass is 448 g/mol. The number of ether oxygens (including phenoxy) is 2. The molecule has 0 amide bonds. The first-order chi connectivity index (χ1) is 11.2. The second-order valence-electron chi connectivity index (χ2n) is 5.90. The van der Waals surface area contributed by atoms with Crippen LogP contribution < -0.4 is 10.1 Å². The highest BCUT2D eigenvalue weighted by atomic mass is 127. The number of hydrogen-bond acceptors (Lipinski definition) is 4. The fraction of sp³-hybridized carbons (Fsp3) is 0.647. The predicted octanol–water partition coefficient (Wildman–Crippen LogP) is 2.53. The van der Waals surface area contributed by atoms with Crippen LogP contribution in [0.15, 0.2) is 23.3 Å². The minimum atomic E-state index is 0. The highest BCUT2D eigenvalue weighted by Gasteiger charge is 2.19. The number of methoxy groups -OCH3 is 1. The molecule has 1 fully saturated rings.